The molecule has 0 amide bonds. The molecule has 0 atom stereocenters. The predicted octanol–water partition coefficient (Wildman–Crippen LogP) is 6.01. The summed E-state index contributed by atoms with van der Waals surface area (Å²) in [6.07, 6.45) is 2.32. The van der Waals surface area contributed by atoms with Crippen LogP contribution in [0.5, 0.6) is 0 Å². The molecule has 0 aromatic heterocycles. The lowest BCUT2D eigenvalue weighted by atomic mass is 9.94. The predicted molar refractivity (Wildman–Crippen MR) is 80.4 cm³/mol. The van der Waals surface area contributed by atoms with E-state index in [0.717, 1.165) is 24.2 Å². The second kappa shape index (κ2) is 6.83. The molecule has 0 heterocycles. The molecular weight excluding hydrogens is 232 g/mol. The molecule has 0 spiro atoms. The summed E-state index contributed by atoms with van der Waals surface area (Å²) in [6.45, 7) is 4.46. The van der Waals surface area contributed by atoms with Crippen LogP contribution in [-0.4, -0.2) is 0 Å². The Balaban J connectivity index is 2.17. The largest absolute Gasteiger partial charge is 0.151 e. The minimum absolute atomic E-state index is 0.617. The van der Waals surface area contributed by atoms with Crippen LogP contribution in [0.25, 0.3) is 0 Å². The Kier molecular flexibility index (Phi) is 4.85. The monoisotopic (exact) mass is 252 g/mol. The highest BCUT2D eigenvalue weighted by atomic mass is 15.1. The summed E-state index contributed by atoms with van der Waals surface area (Å²) in [6, 6.07) is 18.2. The van der Waals surface area contributed by atoms with Gasteiger partial charge in [-0.25, -0.2) is 0 Å². The maximum absolute atomic E-state index is 4.31. The van der Waals surface area contributed by atoms with Crippen molar-refractivity contribution in [2.24, 2.45) is 10.2 Å². The van der Waals surface area contributed by atoms with Gasteiger partial charge in [-0.1, -0.05) is 44.2 Å². The van der Waals surface area contributed by atoms with E-state index in [-0.39, 0.29) is 0 Å². The van der Waals surface area contributed by atoms with Crippen LogP contribution in [0.2, 0.25) is 0 Å². The van der Waals surface area contributed by atoms with Gasteiger partial charge in [-0.15, -0.1) is 0 Å². The van der Waals surface area contributed by atoms with Crippen molar-refractivity contribution in [3.63, 3.8) is 0 Å². The maximum atomic E-state index is 4.31. The highest BCUT2D eigenvalue weighted by Crippen LogP contribution is 2.27. The molecule has 0 N–H and O–H groups in total. The van der Waals surface area contributed by atoms with Crippen LogP contribution in [0.1, 0.15) is 38.2 Å². The van der Waals surface area contributed by atoms with E-state index in [1.54, 1.807) is 0 Å². The number of hydrogen-bond donors (Lipinski definition) is 0. The molecule has 2 aromatic carbocycles. The van der Waals surface area contributed by atoms with Crippen molar-refractivity contribution in [1.29, 1.82) is 0 Å². The normalized spacial score (nSPS) is 11.3. The van der Waals surface area contributed by atoms with Gasteiger partial charge in [0.15, 0.2) is 0 Å². The van der Waals surface area contributed by atoms with Crippen LogP contribution in [0.4, 0.5) is 11.4 Å². The summed E-state index contributed by atoms with van der Waals surface area (Å²) in [4.78, 5) is 0. The Morgan fingerprint density at radius 2 is 1.42 bits per heavy atom. The first-order chi connectivity index (χ1) is 9.33. The summed E-state index contributed by atoms with van der Waals surface area (Å²) in [5.41, 5.74) is 3.17. The number of nitrogens with zero attached hydrogens (tertiary/aromatic N) is 2. The first-order valence-electron chi connectivity index (χ1n) is 6.90. The average molecular weight is 252 g/mol. The molecule has 0 aliphatic heterocycles. The molecule has 0 saturated heterocycles. The van der Waals surface area contributed by atoms with E-state index in [2.05, 4.69) is 42.3 Å². The molecule has 2 rings (SSSR count). The number of benzene rings is 2. The highest BCUT2D eigenvalue weighted by molar-refractivity contribution is 5.42. The van der Waals surface area contributed by atoms with E-state index >= 15 is 0 Å². The van der Waals surface area contributed by atoms with Crippen LogP contribution >= 0.6 is 0 Å². The Bertz CT molecular complexity index is 528. The third kappa shape index (κ3) is 3.75. The summed E-state index contributed by atoms with van der Waals surface area (Å²) in [5.74, 6) is 0.617. The third-order valence-electron chi connectivity index (χ3n) is 3.36. The van der Waals surface area contributed by atoms with Crippen molar-refractivity contribution >= 4 is 11.4 Å². The van der Waals surface area contributed by atoms with Gasteiger partial charge in [-0.05, 0) is 48.6 Å². The Labute approximate surface area is 115 Å². The van der Waals surface area contributed by atoms with Gasteiger partial charge in [0, 0.05) is 0 Å². The molecular formula is C17H20N2. The first-order valence-corrected chi connectivity index (χ1v) is 6.90. The standard InChI is InChI=1S/C17H20N2/c1-3-14(4-2)15-9-8-12-17(13-15)19-18-16-10-6-5-7-11-16/h5-14H,3-4H2,1-2H3. The lowest BCUT2D eigenvalue weighted by molar-refractivity contribution is 0.642. The van der Waals surface area contributed by atoms with E-state index in [1.807, 2.05) is 36.4 Å². The van der Waals surface area contributed by atoms with Crippen molar-refractivity contribution in [3.05, 3.63) is 60.2 Å². The molecule has 0 aliphatic carbocycles. The SMILES string of the molecule is CCC(CC)c1cccc(N=Nc2ccccc2)c1. The summed E-state index contributed by atoms with van der Waals surface area (Å²) in [5, 5.41) is 8.57. The second-order valence-corrected chi connectivity index (χ2v) is 4.64. The Morgan fingerprint density at radius 1 is 0.789 bits per heavy atom. The van der Waals surface area contributed by atoms with Crippen molar-refractivity contribution in [2.45, 2.75) is 32.6 Å². The lowest BCUT2D eigenvalue weighted by Crippen LogP contribution is -1.94. The van der Waals surface area contributed by atoms with Crippen LogP contribution < -0.4 is 0 Å². The van der Waals surface area contributed by atoms with Crippen LogP contribution in [-0.2, 0) is 0 Å². The molecule has 2 aromatic rings. The molecule has 0 radical (unpaired) electrons. The molecule has 98 valence electrons. The van der Waals surface area contributed by atoms with Crippen molar-refractivity contribution in [3.8, 4) is 0 Å². The number of azo groups is 1. The fraction of sp³-hybridized carbons (Fsp3) is 0.294. The zero-order valence-electron chi connectivity index (χ0n) is 11.6. The minimum Gasteiger partial charge on any atom is -0.151 e. The van der Waals surface area contributed by atoms with E-state index in [0.29, 0.717) is 5.92 Å². The molecule has 0 bridgehead atoms. The molecule has 0 saturated carbocycles. The summed E-state index contributed by atoms with van der Waals surface area (Å²) < 4.78 is 0. The van der Waals surface area contributed by atoms with Gasteiger partial charge in [-0.3, -0.25) is 0 Å². The highest BCUT2D eigenvalue weighted by Gasteiger charge is 2.06. The molecule has 0 fully saturated rings. The fourth-order valence-corrected chi connectivity index (χ4v) is 2.21. The third-order valence-corrected chi connectivity index (χ3v) is 3.36. The van der Waals surface area contributed by atoms with Crippen molar-refractivity contribution in [1.82, 2.24) is 0 Å². The zero-order valence-corrected chi connectivity index (χ0v) is 11.6. The Morgan fingerprint density at radius 3 is 2.11 bits per heavy atom. The van der Waals surface area contributed by atoms with Crippen LogP contribution in [0, 0.1) is 0 Å². The average Bonchev–Trinajstić information content (AvgIpc) is 2.48. The first kappa shape index (κ1) is 13.5. The molecule has 2 nitrogen and oxygen atoms in total. The minimum atomic E-state index is 0.617. The molecule has 0 aliphatic rings. The van der Waals surface area contributed by atoms with E-state index < -0.39 is 0 Å². The molecule has 0 unspecified atom stereocenters. The van der Waals surface area contributed by atoms with Crippen molar-refractivity contribution in [2.75, 3.05) is 0 Å². The van der Waals surface area contributed by atoms with Gasteiger partial charge in [0.1, 0.15) is 0 Å². The topological polar surface area (TPSA) is 24.7 Å². The van der Waals surface area contributed by atoms with E-state index in [1.165, 1.54) is 5.56 Å². The molecule has 19 heavy (non-hydrogen) atoms. The summed E-state index contributed by atoms with van der Waals surface area (Å²) in [7, 11) is 0. The van der Waals surface area contributed by atoms with Gasteiger partial charge < -0.3 is 0 Å². The zero-order chi connectivity index (χ0) is 13.5. The maximum Gasteiger partial charge on any atom is 0.0859 e. The number of rotatable bonds is 5. The van der Waals surface area contributed by atoms with Gasteiger partial charge in [0.2, 0.25) is 0 Å². The lowest BCUT2D eigenvalue weighted by Gasteiger charge is -2.12. The van der Waals surface area contributed by atoms with Crippen molar-refractivity contribution < 1.29 is 0 Å². The summed E-state index contributed by atoms with van der Waals surface area (Å²) >= 11 is 0. The van der Waals surface area contributed by atoms with Gasteiger partial charge in [0.05, 0.1) is 11.4 Å². The quantitative estimate of drug-likeness (QED) is 0.582. The second-order valence-electron chi connectivity index (χ2n) is 4.64. The number of hydrogen-bond acceptors (Lipinski definition) is 2. The molecule has 2 heteroatoms. The van der Waals surface area contributed by atoms with Crippen LogP contribution in [0.15, 0.2) is 64.8 Å². The van der Waals surface area contributed by atoms with Gasteiger partial charge in [0.25, 0.3) is 0 Å². The van der Waals surface area contributed by atoms with Crippen LogP contribution in [0.3, 0.4) is 0 Å². The van der Waals surface area contributed by atoms with E-state index in [4.69, 9.17) is 0 Å². The van der Waals surface area contributed by atoms with Gasteiger partial charge in [-0.2, -0.15) is 10.2 Å². The Hall–Kier alpha value is -1.96. The smallest absolute Gasteiger partial charge is 0.0859 e. The van der Waals surface area contributed by atoms with Gasteiger partial charge >= 0.3 is 0 Å². The van der Waals surface area contributed by atoms with E-state index in [9.17, 15) is 0 Å². The fourth-order valence-electron chi connectivity index (χ4n) is 2.21.